The highest BCUT2D eigenvalue weighted by atomic mass is 16.5. The van der Waals surface area contributed by atoms with Gasteiger partial charge in [-0.3, -0.25) is 14.5 Å². The van der Waals surface area contributed by atoms with Crippen molar-refractivity contribution < 1.29 is 14.3 Å². The molecule has 2 aliphatic rings. The monoisotopic (exact) mass is 416 g/mol. The highest BCUT2D eigenvalue weighted by Crippen LogP contribution is 2.21. The summed E-state index contributed by atoms with van der Waals surface area (Å²) in [5, 5.41) is 2.94. The summed E-state index contributed by atoms with van der Waals surface area (Å²) < 4.78 is 5.35. The fourth-order valence-electron chi connectivity index (χ4n) is 4.47. The van der Waals surface area contributed by atoms with Crippen molar-refractivity contribution in [1.82, 2.24) is 20.0 Å². The molecule has 3 rings (SSSR count). The summed E-state index contributed by atoms with van der Waals surface area (Å²) in [5.41, 5.74) is 2.20. The average Bonchev–Trinajstić information content (AvgIpc) is 3.25. The molecule has 1 aromatic carbocycles. The number of nitrogens with one attached hydrogen (secondary N) is 1. The predicted octanol–water partition coefficient (Wildman–Crippen LogP) is 1.64. The Balaban J connectivity index is 1.62. The average molecular weight is 417 g/mol. The Labute approximate surface area is 180 Å². The summed E-state index contributed by atoms with van der Waals surface area (Å²) in [6.07, 6.45) is 2.74. The molecule has 0 aromatic heterocycles. The van der Waals surface area contributed by atoms with E-state index in [1.807, 2.05) is 30.9 Å². The minimum absolute atomic E-state index is 0.0459. The number of carbonyl (C=O) groups excluding carboxylic acids is 2. The molecule has 1 N–H and O–H groups in total. The third-order valence-corrected chi connectivity index (χ3v) is 6.27. The van der Waals surface area contributed by atoms with E-state index in [1.165, 1.54) is 12.8 Å². The van der Waals surface area contributed by atoms with Crippen molar-refractivity contribution in [3.05, 3.63) is 29.3 Å². The zero-order valence-corrected chi connectivity index (χ0v) is 18.7. The summed E-state index contributed by atoms with van der Waals surface area (Å²) in [7, 11) is 1.67. The second-order valence-electron chi connectivity index (χ2n) is 8.31. The number of rotatable bonds is 9. The maximum atomic E-state index is 13.0. The number of hydrogen-bond donors (Lipinski definition) is 1. The van der Waals surface area contributed by atoms with Crippen LogP contribution in [-0.2, 0) is 16.1 Å². The first-order valence-electron chi connectivity index (χ1n) is 11.2. The lowest BCUT2D eigenvalue weighted by Gasteiger charge is -2.36. The maximum absolute atomic E-state index is 13.0. The number of ether oxygens (including phenoxy) is 1. The van der Waals surface area contributed by atoms with Crippen molar-refractivity contribution in [2.75, 3.05) is 52.9 Å². The largest absolute Gasteiger partial charge is 0.496 e. The normalized spacial score (nSPS) is 20.2. The highest BCUT2D eigenvalue weighted by molar-refractivity contribution is 5.88. The van der Waals surface area contributed by atoms with E-state index in [4.69, 9.17) is 4.74 Å². The Hall–Kier alpha value is -2.12. The minimum Gasteiger partial charge on any atom is -0.496 e. The molecule has 2 saturated heterocycles. The number of aryl methyl sites for hydroxylation is 1. The van der Waals surface area contributed by atoms with Crippen molar-refractivity contribution in [2.24, 2.45) is 0 Å². The van der Waals surface area contributed by atoms with E-state index in [-0.39, 0.29) is 18.2 Å². The molecule has 166 valence electrons. The number of hydrogen-bond acceptors (Lipinski definition) is 5. The second kappa shape index (κ2) is 10.8. The molecule has 0 radical (unpaired) electrons. The van der Waals surface area contributed by atoms with Crippen molar-refractivity contribution >= 4 is 11.8 Å². The molecule has 2 amide bonds. The number of methoxy groups -OCH3 is 1. The summed E-state index contributed by atoms with van der Waals surface area (Å²) in [6.45, 7) is 10.6. The molecular formula is C23H36N4O3. The first-order chi connectivity index (χ1) is 14.5. The van der Waals surface area contributed by atoms with E-state index in [0.29, 0.717) is 19.6 Å². The summed E-state index contributed by atoms with van der Waals surface area (Å²) in [5.74, 6) is 0.878. The number of benzene rings is 1. The lowest BCUT2D eigenvalue weighted by molar-refractivity contribution is -0.139. The van der Waals surface area contributed by atoms with Gasteiger partial charge in [-0.2, -0.15) is 0 Å². The highest BCUT2D eigenvalue weighted by Gasteiger charge is 2.33. The van der Waals surface area contributed by atoms with Gasteiger partial charge in [-0.1, -0.05) is 12.1 Å². The van der Waals surface area contributed by atoms with Crippen molar-refractivity contribution in [2.45, 2.75) is 45.7 Å². The van der Waals surface area contributed by atoms with Crippen LogP contribution in [0.4, 0.5) is 0 Å². The van der Waals surface area contributed by atoms with E-state index in [1.54, 1.807) is 7.11 Å². The molecule has 0 saturated carbocycles. The van der Waals surface area contributed by atoms with Gasteiger partial charge in [0.25, 0.3) is 0 Å². The molecular weight excluding hydrogens is 380 g/mol. The minimum atomic E-state index is -0.422. The van der Waals surface area contributed by atoms with Gasteiger partial charge in [0.05, 0.1) is 19.6 Å². The number of likely N-dealkylation sites (tertiary alicyclic amines) is 1. The number of piperazine rings is 1. The molecule has 2 heterocycles. The third kappa shape index (κ3) is 5.73. The lowest BCUT2D eigenvalue weighted by atomic mass is 10.0. The number of carbonyl (C=O) groups is 2. The lowest BCUT2D eigenvalue weighted by Crippen LogP contribution is -2.56. The molecule has 1 aromatic rings. The van der Waals surface area contributed by atoms with Crippen LogP contribution < -0.4 is 10.1 Å². The van der Waals surface area contributed by atoms with Crippen LogP contribution in [0.15, 0.2) is 18.2 Å². The van der Waals surface area contributed by atoms with E-state index < -0.39 is 6.04 Å². The molecule has 1 atom stereocenters. The van der Waals surface area contributed by atoms with Crippen LogP contribution in [-0.4, -0.2) is 85.5 Å². The summed E-state index contributed by atoms with van der Waals surface area (Å²) in [4.78, 5) is 32.1. The Morgan fingerprint density at radius 3 is 2.70 bits per heavy atom. The molecule has 7 heteroatoms. The van der Waals surface area contributed by atoms with Gasteiger partial charge in [0.15, 0.2) is 0 Å². The molecule has 2 aliphatic heterocycles. The Morgan fingerprint density at radius 1 is 1.27 bits per heavy atom. The van der Waals surface area contributed by atoms with Crippen LogP contribution in [0, 0.1) is 6.92 Å². The van der Waals surface area contributed by atoms with Gasteiger partial charge in [0, 0.05) is 39.3 Å². The SMILES string of the molecule is CCN(CCN1CCCC1)C(=O)CC1C(=O)NCCN1Cc1ccc(OC)c(C)c1. The first kappa shape index (κ1) is 22.6. The number of nitrogens with zero attached hydrogens (tertiary/aromatic N) is 3. The van der Waals surface area contributed by atoms with Crippen LogP contribution in [0.1, 0.15) is 37.3 Å². The molecule has 0 spiro atoms. The van der Waals surface area contributed by atoms with Gasteiger partial charge in [-0.05, 0) is 57.0 Å². The fourth-order valence-corrected chi connectivity index (χ4v) is 4.47. The summed E-state index contributed by atoms with van der Waals surface area (Å²) >= 11 is 0. The Morgan fingerprint density at radius 2 is 2.03 bits per heavy atom. The van der Waals surface area contributed by atoms with Crippen molar-refractivity contribution in [3.63, 3.8) is 0 Å². The van der Waals surface area contributed by atoms with E-state index in [9.17, 15) is 9.59 Å². The van der Waals surface area contributed by atoms with E-state index in [0.717, 1.165) is 49.6 Å². The molecule has 0 aliphatic carbocycles. The van der Waals surface area contributed by atoms with E-state index in [2.05, 4.69) is 21.2 Å². The van der Waals surface area contributed by atoms with Crippen LogP contribution in [0.5, 0.6) is 5.75 Å². The van der Waals surface area contributed by atoms with Crippen LogP contribution in [0.25, 0.3) is 0 Å². The third-order valence-electron chi connectivity index (χ3n) is 6.27. The molecule has 0 bridgehead atoms. The molecule has 7 nitrogen and oxygen atoms in total. The molecule has 2 fully saturated rings. The smallest absolute Gasteiger partial charge is 0.237 e. The molecule has 1 unspecified atom stereocenters. The topological polar surface area (TPSA) is 65.1 Å². The second-order valence-corrected chi connectivity index (χ2v) is 8.31. The zero-order valence-electron chi connectivity index (χ0n) is 18.7. The number of likely N-dealkylation sites (N-methyl/N-ethyl adjacent to an activating group) is 1. The van der Waals surface area contributed by atoms with Gasteiger partial charge in [0.1, 0.15) is 5.75 Å². The van der Waals surface area contributed by atoms with Gasteiger partial charge in [0.2, 0.25) is 11.8 Å². The first-order valence-corrected chi connectivity index (χ1v) is 11.2. The molecule has 30 heavy (non-hydrogen) atoms. The maximum Gasteiger partial charge on any atom is 0.237 e. The van der Waals surface area contributed by atoms with Gasteiger partial charge in [-0.15, -0.1) is 0 Å². The predicted molar refractivity (Wildman–Crippen MR) is 117 cm³/mol. The van der Waals surface area contributed by atoms with Crippen molar-refractivity contribution in [3.8, 4) is 5.75 Å². The van der Waals surface area contributed by atoms with Crippen LogP contribution >= 0.6 is 0 Å². The van der Waals surface area contributed by atoms with E-state index >= 15 is 0 Å². The van der Waals surface area contributed by atoms with Gasteiger partial charge < -0.3 is 19.9 Å². The fraction of sp³-hybridized carbons (Fsp3) is 0.652. The standard InChI is InChI=1S/C23H36N4O3/c1-4-26(14-13-25-10-5-6-11-25)22(28)16-20-23(29)24-9-12-27(20)17-19-7-8-21(30-3)18(2)15-19/h7-8,15,20H,4-6,9-14,16-17H2,1-3H3,(H,24,29). The zero-order chi connectivity index (χ0) is 21.5. The van der Waals surface area contributed by atoms with Gasteiger partial charge >= 0.3 is 0 Å². The Bertz CT molecular complexity index is 733. The quantitative estimate of drug-likeness (QED) is 0.663. The van der Waals surface area contributed by atoms with Crippen molar-refractivity contribution in [1.29, 1.82) is 0 Å². The summed E-state index contributed by atoms with van der Waals surface area (Å²) in [6, 6.07) is 5.67. The van der Waals surface area contributed by atoms with Gasteiger partial charge in [-0.25, -0.2) is 0 Å². The van der Waals surface area contributed by atoms with Crippen LogP contribution in [0.2, 0.25) is 0 Å². The number of amides is 2. The Kier molecular flexibility index (Phi) is 8.10. The van der Waals surface area contributed by atoms with Crippen LogP contribution in [0.3, 0.4) is 0 Å².